The first kappa shape index (κ1) is 17.9. The summed E-state index contributed by atoms with van der Waals surface area (Å²) in [7, 11) is 0. The molecule has 0 spiro atoms. The van der Waals surface area contributed by atoms with Crippen molar-refractivity contribution < 1.29 is 4.79 Å². The zero-order valence-electron chi connectivity index (χ0n) is 14.0. The maximum Gasteiger partial charge on any atom is 0.277 e. The summed E-state index contributed by atoms with van der Waals surface area (Å²) in [6, 6.07) is 8.30. The van der Waals surface area contributed by atoms with E-state index in [0.717, 1.165) is 11.4 Å². The highest BCUT2D eigenvalue weighted by Crippen LogP contribution is 2.26. The molecule has 8 heteroatoms. The fourth-order valence-corrected chi connectivity index (χ4v) is 3.28. The average molecular weight is 467 g/mol. The number of amides is 1. The van der Waals surface area contributed by atoms with Crippen molar-refractivity contribution in [1.29, 1.82) is 0 Å². The molecule has 3 rings (SSSR count). The van der Waals surface area contributed by atoms with E-state index in [9.17, 15) is 4.79 Å². The Labute approximate surface area is 162 Å². The molecule has 2 heterocycles. The van der Waals surface area contributed by atoms with Crippen molar-refractivity contribution >= 4 is 43.5 Å². The van der Waals surface area contributed by atoms with Crippen molar-refractivity contribution in [2.45, 2.75) is 27.3 Å². The van der Waals surface area contributed by atoms with Gasteiger partial charge < -0.3 is 5.32 Å². The number of anilines is 1. The van der Waals surface area contributed by atoms with Crippen molar-refractivity contribution in [2.75, 3.05) is 5.32 Å². The van der Waals surface area contributed by atoms with Gasteiger partial charge in [-0.25, -0.2) is 0 Å². The van der Waals surface area contributed by atoms with Crippen LogP contribution in [0.1, 0.15) is 33.0 Å². The van der Waals surface area contributed by atoms with Crippen LogP contribution in [0.3, 0.4) is 0 Å². The summed E-state index contributed by atoms with van der Waals surface area (Å²) in [6.07, 6.45) is 0. The largest absolute Gasteiger partial charge is 0.317 e. The summed E-state index contributed by atoms with van der Waals surface area (Å²) in [6.45, 7) is 6.55. The molecule has 2 N–H and O–H groups in total. The highest BCUT2D eigenvalue weighted by molar-refractivity contribution is 9.13. The first-order valence-corrected chi connectivity index (χ1v) is 9.25. The molecule has 6 nitrogen and oxygen atoms in total. The van der Waals surface area contributed by atoms with E-state index in [4.69, 9.17) is 0 Å². The van der Waals surface area contributed by atoms with Crippen molar-refractivity contribution in [1.82, 2.24) is 20.0 Å². The number of benzene rings is 1. The van der Waals surface area contributed by atoms with Crippen LogP contribution in [0.25, 0.3) is 0 Å². The molecule has 0 bridgehead atoms. The fourth-order valence-electron chi connectivity index (χ4n) is 2.65. The van der Waals surface area contributed by atoms with Gasteiger partial charge >= 0.3 is 0 Å². The molecular formula is C17H17Br2N5O. The van der Waals surface area contributed by atoms with Crippen LogP contribution in [-0.2, 0) is 6.54 Å². The number of aryl methyl sites for hydroxylation is 2. The van der Waals surface area contributed by atoms with Crippen molar-refractivity contribution in [3.63, 3.8) is 0 Å². The highest BCUT2D eigenvalue weighted by Gasteiger charge is 2.20. The monoisotopic (exact) mass is 465 g/mol. The van der Waals surface area contributed by atoms with Crippen LogP contribution < -0.4 is 5.32 Å². The summed E-state index contributed by atoms with van der Waals surface area (Å²) in [4.78, 5) is 12.5. The van der Waals surface area contributed by atoms with Crippen LogP contribution >= 0.6 is 31.9 Å². The third kappa shape index (κ3) is 3.69. The van der Waals surface area contributed by atoms with E-state index in [0.29, 0.717) is 21.3 Å². The van der Waals surface area contributed by atoms with E-state index < -0.39 is 0 Å². The minimum absolute atomic E-state index is 0.289. The Morgan fingerprint density at radius 2 is 2.04 bits per heavy atom. The third-order valence-corrected chi connectivity index (χ3v) is 5.79. The molecule has 3 aromatic rings. The first-order valence-electron chi connectivity index (χ1n) is 7.67. The van der Waals surface area contributed by atoms with Crippen LogP contribution in [0.15, 0.2) is 33.3 Å². The standard InChI is InChI=1S/C17H17Br2N5O/c1-9-5-4-6-12(7-9)8-24-11(3)14(10(2)23-24)20-17(25)15-13(18)16(19)22-21-15/h4-7H,8H2,1-3H3,(H,20,25)(H,21,22). The number of carbonyl (C=O) groups excluding carboxylic acids is 1. The van der Waals surface area contributed by atoms with Gasteiger partial charge in [-0.2, -0.15) is 10.2 Å². The normalized spacial score (nSPS) is 10.9. The van der Waals surface area contributed by atoms with Gasteiger partial charge in [-0.3, -0.25) is 14.6 Å². The SMILES string of the molecule is Cc1cccc(Cn2nc(C)c(NC(=O)c3n[nH]c(Br)c3Br)c2C)c1. The third-order valence-electron chi connectivity index (χ3n) is 3.92. The van der Waals surface area contributed by atoms with Crippen LogP contribution in [0.4, 0.5) is 5.69 Å². The van der Waals surface area contributed by atoms with Crippen molar-refractivity contribution in [2.24, 2.45) is 0 Å². The number of hydrogen-bond acceptors (Lipinski definition) is 3. The molecule has 0 fully saturated rings. The first-order chi connectivity index (χ1) is 11.9. The number of halogens is 2. The summed E-state index contributed by atoms with van der Waals surface area (Å²) in [5.41, 5.74) is 5.05. The minimum atomic E-state index is -0.296. The van der Waals surface area contributed by atoms with Gasteiger partial charge in [-0.05, 0) is 58.2 Å². The molecule has 1 amide bonds. The lowest BCUT2D eigenvalue weighted by molar-refractivity contribution is 0.102. The Hall–Kier alpha value is -1.93. The van der Waals surface area contributed by atoms with Gasteiger partial charge in [-0.15, -0.1) is 0 Å². The van der Waals surface area contributed by atoms with Crippen molar-refractivity contribution in [3.05, 3.63) is 61.6 Å². The molecule has 0 atom stereocenters. The van der Waals surface area contributed by atoms with Crippen LogP contribution in [0, 0.1) is 20.8 Å². The number of hydrogen-bond donors (Lipinski definition) is 2. The number of rotatable bonds is 4. The maximum absolute atomic E-state index is 12.5. The molecule has 0 saturated heterocycles. The summed E-state index contributed by atoms with van der Waals surface area (Å²) in [5.74, 6) is -0.296. The fraction of sp³-hybridized carbons (Fsp3) is 0.235. The second-order valence-corrected chi connectivity index (χ2v) is 7.43. The summed E-state index contributed by atoms with van der Waals surface area (Å²) >= 11 is 6.62. The van der Waals surface area contributed by atoms with E-state index in [1.807, 2.05) is 24.6 Å². The Morgan fingerprint density at radius 3 is 2.68 bits per heavy atom. The highest BCUT2D eigenvalue weighted by atomic mass is 79.9. The molecule has 0 radical (unpaired) electrons. The van der Waals surface area contributed by atoms with E-state index in [1.165, 1.54) is 11.1 Å². The Bertz CT molecular complexity index is 945. The number of carbonyl (C=O) groups is 1. The Balaban J connectivity index is 1.84. The van der Waals surface area contributed by atoms with Gasteiger partial charge in [0.25, 0.3) is 5.91 Å². The number of nitrogens with zero attached hydrogens (tertiary/aromatic N) is 3. The lowest BCUT2D eigenvalue weighted by Gasteiger charge is -2.07. The number of H-pyrrole nitrogens is 1. The van der Waals surface area contributed by atoms with E-state index >= 15 is 0 Å². The lowest BCUT2D eigenvalue weighted by Crippen LogP contribution is -2.14. The maximum atomic E-state index is 12.5. The van der Waals surface area contributed by atoms with Gasteiger partial charge in [0.05, 0.1) is 28.1 Å². The van der Waals surface area contributed by atoms with Crippen molar-refractivity contribution in [3.8, 4) is 0 Å². The number of aromatic amines is 1. The molecule has 1 aromatic carbocycles. The number of aromatic nitrogens is 4. The zero-order chi connectivity index (χ0) is 18.1. The van der Waals surface area contributed by atoms with E-state index in [2.05, 4.69) is 77.6 Å². The van der Waals surface area contributed by atoms with Crippen LogP contribution in [-0.4, -0.2) is 25.9 Å². The Kier molecular flexibility index (Phi) is 5.10. The van der Waals surface area contributed by atoms with Gasteiger partial charge in [0.15, 0.2) is 5.69 Å². The van der Waals surface area contributed by atoms with Crippen LogP contribution in [0.5, 0.6) is 0 Å². The molecule has 0 unspecified atom stereocenters. The molecule has 25 heavy (non-hydrogen) atoms. The average Bonchev–Trinajstić information content (AvgIpc) is 3.02. The molecule has 0 aliphatic carbocycles. The smallest absolute Gasteiger partial charge is 0.277 e. The zero-order valence-corrected chi connectivity index (χ0v) is 17.2. The molecule has 0 aliphatic rings. The van der Waals surface area contributed by atoms with E-state index in [-0.39, 0.29) is 11.6 Å². The predicted molar refractivity (Wildman–Crippen MR) is 104 cm³/mol. The molecule has 0 saturated carbocycles. The second kappa shape index (κ2) is 7.13. The summed E-state index contributed by atoms with van der Waals surface area (Å²) in [5, 5.41) is 14.2. The van der Waals surface area contributed by atoms with Crippen LogP contribution in [0.2, 0.25) is 0 Å². The number of nitrogens with one attached hydrogen (secondary N) is 2. The second-order valence-electron chi connectivity index (χ2n) is 5.85. The topological polar surface area (TPSA) is 75.6 Å². The Morgan fingerprint density at radius 1 is 1.28 bits per heavy atom. The molecule has 0 aliphatic heterocycles. The quantitative estimate of drug-likeness (QED) is 0.599. The molecule has 2 aromatic heterocycles. The van der Waals surface area contributed by atoms with Gasteiger partial charge in [0, 0.05) is 0 Å². The molecule has 130 valence electrons. The lowest BCUT2D eigenvalue weighted by atomic mass is 10.1. The molecular weight excluding hydrogens is 450 g/mol. The van der Waals surface area contributed by atoms with Gasteiger partial charge in [0.1, 0.15) is 4.60 Å². The summed E-state index contributed by atoms with van der Waals surface area (Å²) < 4.78 is 3.11. The predicted octanol–water partition coefficient (Wildman–Crippen LogP) is 4.36. The van der Waals surface area contributed by atoms with Gasteiger partial charge in [-0.1, -0.05) is 29.8 Å². The minimum Gasteiger partial charge on any atom is -0.317 e. The van der Waals surface area contributed by atoms with E-state index in [1.54, 1.807) is 0 Å². The van der Waals surface area contributed by atoms with Gasteiger partial charge in [0.2, 0.25) is 0 Å².